The van der Waals surface area contributed by atoms with Crippen molar-refractivity contribution in [3.63, 3.8) is 0 Å². The topological polar surface area (TPSA) is 58.6 Å². The lowest BCUT2D eigenvalue weighted by Gasteiger charge is -2.30. The summed E-state index contributed by atoms with van der Waals surface area (Å²) in [5.74, 6) is 0.0695. The monoisotopic (exact) mass is 514 g/mol. The van der Waals surface area contributed by atoms with E-state index in [1.165, 1.54) is 4.90 Å². The minimum Gasteiger partial charge on any atom is -0.484 e. The quantitative estimate of drug-likeness (QED) is 0.518. The summed E-state index contributed by atoms with van der Waals surface area (Å²) in [5, 5.41) is 3.45. The lowest BCUT2D eigenvalue weighted by atomic mass is 10.1. The second kappa shape index (κ2) is 11.0. The molecule has 0 aromatic heterocycles. The first kappa shape index (κ1) is 24.5. The highest BCUT2D eigenvalue weighted by Gasteiger charge is 2.28. The van der Waals surface area contributed by atoms with Gasteiger partial charge in [0.25, 0.3) is 5.91 Å². The van der Waals surface area contributed by atoms with E-state index in [0.717, 1.165) is 21.2 Å². The fourth-order valence-electron chi connectivity index (χ4n) is 3.14. The SMILES string of the molecule is CC[C@@H](C(=O)NC)N(Cc1ccc(Cl)c(Cl)c1)C(=O)COc1cc(C)c(Br)c(C)c1. The number of likely N-dealkylation sites (N-methyl/N-ethyl adjacent to an activating group) is 1. The van der Waals surface area contributed by atoms with Crippen molar-refractivity contribution in [2.24, 2.45) is 0 Å². The van der Waals surface area contributed by atoms with E-state index in [4.69, 9.17) is 27.9 Å². The fraction of sp³-hybridized carbons (Fsp3) is 0.364. The van der Waals surface area contributed by atoms with Gasteiger partial charge in [-0.25, -0.2) is 0 Å². The number of carbonyl (C=O) groups excluding carboxylic acids is 2. The molecule has 0 unspecified atom stereocenters. The van der Waals surface area contributed by atoms with Crippen LogP contribution in [0.1, 0.15) is 30.0 Å². The molecule has 0 spiro atoms. The zero-order chi connectivity index (χ0) is 22.4. The molecule has 162 valence electrons. The highest BCUT2D eigenvalue weighted by Crippen LogP contribution is 2.27. The van der Waals surface area contributed by atoms with Crippen molar-refractivity contribution in [2.75, 3.05) is 13.7 Å². The van der Waals surface area contributed by atoms with Crippen LogP contribution in [-0.2, 0) is 16.1 Å². The number of ether oxygens (including phenoxy) is 1. The third kappa shape index (κ3) is 6.13. The van der Waals surface area contributed by atoms with Gasteiger partial charge in [0, 0.05) is 18.1 Å². The first-order chi connectivity index (χ1) is 14.2. The summed E-state index contributed by atoms with van der Waals surface area (Å²) in [5.41, 5.74) is 2.80. The van der Waals surface area contributed by atoms with Gasteiger partial charge in [-0.15, -0.1) is 0 Å². The first-order valence-electron chi connectivity index (χ1n) is 9.52. The predicted octanol–water partition coefficient (Wildman–Crippen LogP) is 5.30. The number of benzene rings is 2. The number of carbonyl (C=O) groups is 2. The van der Waals surface area contributed by atoms with Gasteiger partial charge in [0.1, 0.15) is 11.8 Å². The molecule has 2 amide bonds. The summed E-state index contributed by atoms with van der Waals surface area (Å²) in [6.07, 6.45) is 0.462. The summed E-state index contributed by atoms with van der Waals surface area (Å²) in [6.45, 7) is 5.80. The van der Waals surface area contributed by atoms with Gasteiger partial charge >= 0.3 is 0 Å². The van der Waals surface area contributed by atoms with Crippen LogP contribution in [0.5, 0.6) is 5.75 Å². The lowest BCUT2D eigenvalue weighted by molar-refractivity contribution is -0.142. The summed E-state index contributed by atoms with van der Waals surface area (Å²) in [7, 11) is 1.55. The van der Waals surface area contributed by atoms with E-state index in [-0.39, 0.29) is 25.0 Å². The molecule has 0 aliphatic heterocycles. The van der Waals surface area contributed by atoms with Crippen molar-refractivity contribution in [3.8, 4) is 5.75 Å². The molecule has 8 heteroatoms. The maximum absolute atomic E-state index is 13.1. The van der Waals surface area contributed by atoms with Crippen LogP contribution in [0.2, 0.25) is 10.0 Å². The van der Waals surface area contributed by atoms with Crippen LogP contribution in [0.25, 0.3) is 0 Å². The maximum atomic E-state index is 13.1. The van der Waals surface area contributed by atoms with Crippen LogP contribution < -0.4 is 10.1 Å². The summed E-state index contributed by atoms with van der Waals surface area (Å²) < 4.78 is 6.77. The van der Waals surface area contributed by atoms with E-state index in [2.05, 4.69) is 21.2 Å². The van der Waals surface area contributed by atoms with Crippen molar-refractivity contribution in [2.45, 2.75) is 39.8 Å². The average molecular weight is 516 g/mol. The molecule has 5 nitrogen and oxygen atoms in total. The molecule has 0 saturated carbocycles. The molecule has 0 heterocycles. The van der Waals surface area contributed by atoms with Crippen LogP contribution in [0.4, 0.5) is 0 Å². The normalized spacial score (nSPS) is 11.7. The number of hydrogen-bond acceptors (Lipinski definition) is 3. The summed E-state index contributed by atoms with van der Waals surface area (Å²) in [6, 6.07) is 8.25. The highest BCUT2D eigenvalue weighted by molar-refractivity contribution is 9.10. The Labute approximate surface area is 195 Å². The Morgan fingerprint density at radius 2 is 1.77 bits per heavy atom. The number of halogens is 3. The zero-order valence-electron chi connectivity index (χ0n) is 17.4. The van der Waals surface area contributed by atoms with Crippen LogP contribution in [0.3, 0.4) is 0 Å². The molecule has 2 aromatic carbocycles. The molecular formula is C22H25BrCl2N2O3. The van der Waals surface area contributed by atoms with Gasteiger partial charge in [-0.05, 0) is 61.2 Å². The zero-order valence-corrected chi connectivity index (χ0v) is 20.5. The predicted molar refractivity (Wildman–Crippen MR) is 124 cm³/mol. The Morgan fingerprint density at radius 1 is 1.13 bits per heavy atom. The molecule has 2 aromatic rings. The Kier molecular flexibility index (Phi) is 9.01. The lowest BCUT2D eigenvalue weighted by Crippen LogP contribution is -2.49. The Balaban J connectivity index is 2.24. The van der Waals surface area contributed by atoms with Crippen molar-refractivity contribution >= 4 is 50.9 Å². The minimum absolute atomic E-state index is 0.185. The van der Waals surface area contributed by atoms with Crippen LogP contribution in [0.15, 0.2) is 34.8 Å². The van der Waals surface area contributed by atoms with E-state index in [9.17, 15) is 9.59 Å². The second-order valence-electron chi connectivity index (χ2n) is 6.97. The van der Waals surface area contributed by atoms with Gasteiger partial charge in [-0.1, -0.05) is 52.1 Å². The van der Waals surface area contributed by atoms with Gasteiger partial charge < -0.3 is 15.0 Å². The number of nitrogens with zero attached hydrogens (tertiary/aromatic N) is 1. The van der Waals surface area contributed by atoms with E-state index in [0.29, 0.717) is 22.2 Å². The molecule has 1 N–H and O–H groups in total. The summed E-state index contributed by atoms with van der Waals surface area (Å²) >= 11 is 15.6. The molecular weight excluding hydrogens is 491 g/mol. The van der Waals surface area contributed by atoms with Crippen molar-refractivity contribution in [1.82, 2.24) is 10.2 Å². The Bertz CT molecular complexity index is 914. The van der Waals surface area contributed by atoms with Gasteiger partial charge in [-0.2, -0.15) is 0 Å². The smallest absolute Gasteiger partial charge is 0.261 e. The molecule has 0 aliphatic carbocycles. The van der Waals surface area contributed by atoms with E-state index in [1.54, 1.807) is 25.2 Å². The third-order valence-electron chi connectivity index (χ3n) is 4.74. The molecule has 0 aliphatic rings. The molecule has 0 bridgehead atoms. The Morgan fingerprint density at radius 3 is 2.30 bits per heavy atom. The van der Waals surface area contributed by atoms with Crippen molar-refractivity contribution < 1.29 is 14.3 Å². The Hall–Kier alpha value is -1.76. The first-order valence-corrected chi connectivity index (χ1v) is 11.1. The standard InChI is InChI=1S/C22H25BrCl2N2O3/c1-5-19(22(29)26-4)27(11-15-6-7-17(24)18(25)10-15)20(28)12-30-16-8-13(2)21(23)14(3)9-16/h6-10,19H,5,11-12H2,1-4H3,(H,26,29)/t19-/m0/s1. The molecule has 1 atom stereocenters. The summed E-state index contributed by atoms with van der Waals surface area (Å²) in [4.78, 5) is 27.0. The van der Waals surface area contributed by atoms with Crippen molar-refractivity contribution in [3.05, 3.63) is 61.5 Å². The van der Waals surface area contributed by atoms with E-state index >= 15 is 0 Å². The van der Waals surface area contributed by atoms with Crippen LogP contribution >= 0.6 is 39.1 Å². The largest absolute Gasteiger partial charge is 0.484 e. The van der Waals surface area contributed by atoms with Gasteiger partial charge in [-0.3, -0.25) is 9.59 Å². The number of nitrogens with one attached hydrogen (secondary N) is 1. The molecule has 30 heavy (non-hydrogen) atoms. The fourth-order valence-corrected chi connectivity index (χ4v) is 3.69. The van der Waals surface area contributed by atoms with Gasteiger partial charge in [0.2, 0.25) is 5.91 Å². The molecule has 0 radical (unpaired) electrons. The van der Waals surface area contributed by atoms with Crippen LogP contribution in [0, 0.1) is 13.8 Å². The molecule has 0 saturated heterocycles. The number of rotatable bonds is 8. The van der Waals surface area contributed by atoms with E-state index in [1.807, 2.05) is 32.9 Å². The van der Waals surface area contributed by atoms with Crippen LogP contribution in [-0.4, -0.2) is 36.4 Å². The van der Waals surface area contributed by atoms with E-state index < -0.39 is 6.04 Å². The average Bonchev–Trinajstić information content (AvgIpc) is 2.72. The number of aryl methyl sites for hydroxylation is 2. The third-order valence-corrected chi connectivity index (χ3v) is 6.73. The number of amides is 2. The second-order valence-corrected chi connectivity index (χ2v) is 8.58. The molecule has 0 fully saturated rings. The minimum atomic E-state index is -0.631. The molecule has 2 rings (SSSR count). The highest BCUT2D eigenvalue weighted by atomic mass is 79.9. The van der Waals surface area contributed by atoms with Crippen molar-refractivity contribution in [1.29, 1.82) is 0 Å². The maximum Gasteiger partial charge on any atom is 0.261 e. The number of hydrogen-bond donors (Lipinski definition) is 1. The van der Waals surface area contributed by atoms with Gasteiger partial charge in [0.05, 0.1) is 10.0 Å². The van der Waals surface area contributed by atoms with Gasteiger partial charge in [0.15, 0.2) is 6.61 Å².